The standard InChI is InChI=1S/C12H18N2O/c1-10-2-4-11(5-3-10)6-7-12(15)14-9-8-13/h2-5H,6-9,13H2,1H3,(H,14,15). The molecule has 0 heterocycles. The number of rotatable bonds is 5. The summed E-state index contributed by atoms with van der Waals surface area (Å²) in [6.07, 6.45) is 1.32. The van der Waals surface area contributed by atoms with E-state index in [0.717, 1.165) is 6.42 Å². The molecule has 0 bridgehead atoms. The lowest BCUT2D eigenvalue weighted by molar-refractivity contribution is -0.120. The predicted molar refractivity (Wildman–Crippen MR) is 61.6 cm³/mol. The molecule has 1 rings (SSSR count). The van der Waals surface area contributed by atoms with Crippen LogP contribution in [0.4, 0.5) is 0 Å². The summed E-state index contributed by atoms with van der Waals surface area (Å²) in [4.78, 5) is 11.3. The van der Waals surface area contributed by atoms with Gasteiger partial charge in [-0.3, -0.25) is 4.79 Å². The van der Waals surface area contributed by atoms with Gasteiger partial charge >= 0.3 is 0 Å². The Morgan fingerprint density at radius 1 is 1.33 bits per heavy atom. The van der Waals surface area contributed by atoms with Crippen LogP contribution in [0.2, 0.25) is 0 Å². The van der Waals surface area contributed by atoms with Gasteiger partial charge in [0.2, 0.25) is 5.91 Å². The van der Waals surface area contributed by atoms with E-state index in [-0.39, 0.29) is 5.91 Å². The second-order valence-electron chi connectivity index (χ2n) is 3.62. The van der Waals surface area contributed by atoms with Crippen LogP contribution in [0.1, 0.15) is 17.5 Å². The zero-order valence-corrected chi connectivity index (χ0v) is 9.12. The van der Waals surface area contributed by atoms with Crippen LogP contribution in [0.5, 0.6) is 0 Å². The molecule has 0 atom stereocenters. The molecule has 1 aromatic rings. The van der Waals surface area contributed by atoms with Crippen LogP contribution >= 0.6 is 0 Å². The maximum absolute atomic E-state index is 11.3. The van der Waals surface area contributed by atoms with Gasteiger partial charge in [0.25, 0.3) is 0 Å². The summed E-state index contributed by atoms with van der Waals surface area (Å²) in [7, 11) is 0. The fourth-order valence-electron chi connectivity index (χ4n) is 1.31. The molecule has 0 aliphatic rings. The van der Waals surface area contributed by atoms with Gasteiger partial charge in [-0.15, -0.1) is 0 Å². The molecule has 1 amide bonds. The molecular weight excluding hydrogens is 188 g/mol. The molecule has 3 heteroatoms. The largest absolute Gasteiger partial charge is 0.355 e. The summed E-state index contributed by atoms with van der Waals surface area (Å²) in [6.45, 7) is 3.11. The van der Waals surface area contributed by atoms with Crippen molar-refractivity contribution in [3.05, 3.63) is 35.4 Å². The predicted octanol–water partition coefficient (Wildman–Crippen LogP) is 1.00. The number of amides is 1. The molecule has 0 saturated carbocycles. The highest BCUT2D eigenvalue weighted by molar-refractivity contribution is 5.76. The first-order valence-electron chi connectivity index (χ1n) is 5.24. The van der Waals surface area contributed by atoms with E-state index in [1.165, 1.54) is 11.1 Å². The molecule has 0 spiro atoms. The smallest absolute Gasteiger partial charge is 0.220 e. The Labute approximate surface area is 90.7 Å². The molecule has 0 aliphatic carbocycles. The van der Waals surface area contributed by atoms with Crippen molar-refractivity contribution >= 4 is 5.91 Å². The molecule has 0 fully saturated rings. The number of carbonyl (C=O) groups is 1. The quantitative estimate of drug-likeness (QED) is 0.755. The van der Waals surface area contributed by atoms with Gasteiger partial charge < -0.3 is 11.1 Å². The summed E-state index contributed by atoms with van der Waals surface area (Å²) in [5.41, 5.74) is 7.73. The molecule has 82 valence electrons. The van der Waals surface area contributed by atoms with Crippen LogP contribution in [0, 0.1) is 6.92 Å². The zero-order chi connectivity index (χ0) is 11.1. The van der Waals surface area contributed by atoms with E-state index >= 15 is 0 Å². The SMILES string of the molecule is Cc1ccc(CCC(=O)NCCN)cc1. The average molecular weight is 206 g/mol. The van der Waals surface area contributed by atoms with E-state index in [9.17, 15) is 4.79 Å². The first-order chi connectivity index (χ1) is 7.22. The molecule has 0 saturated heterocycles. The minimum atomic E-state index is 0.0704. The van der Waals surface area contributed by atoms with Gasteiger partial charge in [-0.05, 0) is 18.9 Å². The molecule has 3 nitrogen and oxygen atoms in total. The highest BCUT2D eigenvalue weighted by Crippen LogP contribution is 2.05. The summed E-state index contributed by atoms with van der Waals surface area (Å²) < 4.78 is 0. The second-order valence-corrected chi connectivity index (χ2v) is 3.62. The topological polar surface area (TPSA) is 55.1 Å². The average Bonchev–Trinajstić information content (AvgIpc) is 2.25. The lowest BCUT2D eigenvalue weighted by Crippen LogP contribution is -2.29. The Hall–Kier alpha value is -1.35. The Morgan fingerprint density at radius 2 is 2.00 bits per heavy atom. The second kappa shape index (κ2) is 6.19. The minimum absolute atomic E-state index is 0.0704. The van der Waals surface area contributed by atoms with Gasteiger partial charge in [-0.2, -0.15) is 0 Å². The Kier molecular flexibility index (Phi) is 4.84. The number of carbonyl (C=O) groups excluding carboxylic acids is 1. The third-order valence-corrected chi connectivity index (χ3v) is 2.23. The van der Waals surface area contributed by atoms with Gasteiger partial charge in [-0.1, -0.05) is 29.8 Å². The van der Waals surface area contributed by atoms with Gasteiger partial charge in [0.05, 0.1) is 0 Å². The monoisotopic (exact) mass is 206 g/mol. The summed E-state index contributed by atoms with van der Waals surface area (Å²) in [6, 6.07) is 8.25. The van der Waals surface area contributed by atoms with E-state index in [0.29, 0.717) is 19.5 Å². The zero-order valence-electron chi connectivity index (χ0n) is 9.12. The number of hydrogen-bond acceptors (Lipinski definition) is 2. The van der Waals surface area contributed by atoms with Crippen molar-refractivity contribution in [3.8, 4) is 0 Å². The van der Waals surface area contributed by atoms with E-state index in [4.69, 9.17) is 5.73 Å². The first kappa shape index (κ1) is 11.7. The maximum Gasteiger partial charge on any atom is 0.220 e. The van der Waals surface area contributed by atoms with Crippen LogP contribution in [0.3, 0.4) is 0 Å². The van der Waals surface area contributed by atoms with Crippen molar-refractivity contribution < 1.29 is 4.79 Å². The number of benzene rings is 1. The van der Waals surface area contributed by atoms with E-state index in [2.05, 4.69) is 36.5 Å². The normalized spacial score (nSPS) is 10.0. The van der Waals surface area contributed by atoms with Crippen molar-refractivity contribution in [2.45, 2.75) is 19.8 Å². The van der Waals surface area contributed by atoms with Crippen molar-refractivity contribution in [2.75, 3.05) is 13.1 Å². The van der Waals surface area contributed by atoms with Crippen molar-refractivity contribution in [1.29, 1.82) is 0 Å². The van der Waals surface area contributed by atoms with Gasteiger partial charge in [0.1, 0.15) is 0 Å². The fourth-order valence-corrected chi connectivity index (χ4v) is 1.31. The van der Waals surface area contributed by atoms with Crippen molar-refractivity contribution in [3.63, 3.8) is 0 Å². The van der Waals surface area contributed by atoms with Crippen LogP contribution < -0.4 is 11.1 Å². The molecule has 15 heavy (non-hydrogen) atoms. The first-order valence-corrected chi connectivity index (χ1v) is 5.24. The minimum Gasteiger partial charge on any atom is -0.355 e. The van der Waals surface area contributed by atoms with E-state index < -0.39 is 0 Å². The summed E-state index contributed by atoms with van der Waals surface area (Å²) in [5, 5.41) is 2.75. The van der Waals surface area contributed by atoms with Crippen LogP contribution in [0.25, 0.3) is 0 Å². The van der Waals surface area contributed by atoms with Gasteiger partial charge in [0.15, 0.2) is 0 Å². The summed E-state index contributed by atoms with van der Waals surface area (Å²) >= 11 is 0. The van der Waals surface area contributed by atoms with Crippen LogP contribution in [-0.4, -0.2) is 19.0 Å². The lowest BCUT2D eigenvalue weighted by Gasteiger charge is -2.03. The molecular formula is C12H18N2O. The number of nitrogens with one attached hydrogen (secondary N) is 1. The molecule has 0 radical (unpaired) electrons. The lowest BCUT2D eigenvalue weighted by atomic mass is 10.1. The molecule has 1 aromatic carbocycles. The van der Waals surface area contributed by atoms with Gasteiger partial charge in [0, 0.05) is 19.5 Å². The molecule has 0 aliphatic heterocycles. The Morgan fingerprint density at radius 3 is 2.60 bits per heavy atom. The molecule has 3 N–H and O–H groups in total. The number of nitrogens with two attached hydrogens (primary N) is 1. The third-order valence-electron chi connectivity index (χ3n) is 2.23. The van der Waals surface area contributed by atoms with E-state index in [1.54, 1.807) is 0 Å². The maximum atomic E-state index is 11.3. The Bertz CT molecular complexity index is 306. The van der Waals surface area contributed by atoms with Crippen LogP contribution in [0.15, 0.2) is 24.3 Å². The van der Waals surface area contributed by atoms with E-state index in [1.807, 2.05) is 0 Å². The molecule has 0 unspecified atom stereocenters. The number of aryl methyl sites for hydroxylation is 2. The van der Waals surface area contributed by atoms with Gasteiger partial charge in [-0.25, -0.2) is 0 Å². The van der Waals surface area contributed by atoms with Crippen LogP contribution in [-0.2, 0) is 11.2 Å². The Balaban J connectivity index is 2.30. The highest BCUT2D eigenvalue weighted by atomic mass is 16.1. The van der Waals surface area contributed by atoms with Crippen molar-refractivity contribution in [1.82, 2.24) is 5.32 Å². The summed E-state index contributed by atoms with van der Waals surface area (Å²) in [5.74, 6) is 0.0704. The van der Waals surface area contributed by atoms with Crippen molar-refractivity contribution in [2.24, 2.45) is 5.73 Å². The molecule has 0 aromatic heterocycles. The third kappa shape index (κ3) is 4.61. The highest BCUT2D eigenvalue weighted by Gasteiger charge is 2.00. The number of hydrogen-bond donors (Lipinski definition) is 2. The fraction of sp³-hybridized carbons (Fsp3) is 0.417.